The van der Waals surface area contributed by atoms with Gasteiger partial charge in [0.1, 0.15) is 5.75 Å². The lowest BCUT2D eigenvalue weighted by molar-refractivity contribution is -0.113. The quantitative estimate of drug-likeness (QED) is 0.658. The largest absolute Gasteiger partial charge is 0.507 e. The van der Waals surface area contributed by atoms with Crippen molar-refractivity contribution in [2.24, 2.45) is 0 Å². The predicted molar refractivity (Wildman–Crippen MR) is 73.1 cm³/mol. The smallest absolute Gasteiger partial charge is 0.234 e. The van der Waals surface area contributed by atoms with Crippen molar-refractivity contribution in [2.75, 3.05) is 9.74 Å². The molecule has 0 aromatic heterocycles. The SMILES string of the molecule is O=C(CI)Nc1cccc2c(O)cccc12. The molecule has 16 heavy (non-hydrogen) atoms. The summed E-state index contributed by atoms with van der Waals surface area (Å²) >= 11 is 2.01. The maximum absolute atomic E-state index is 11.3. The molecule has 0 spiro atoms. The number of benzene rings is 2. The van der Waals surface area contributed by atoms with Gasteiger partial charge in [0.15, 0.2) is 0 Å². The highest BCUT2D eigenvalue weighted by Crippen LogP contribution is 2.29. The molecule has 0 heterocycles. The van der Waals surface area contributed by atoms with E-state index in [9.17, 15) is 9.90 Å². The Balaban J connectivity index is 2.54. The molecule has 2 aromatic rings. The lowest BCUT2D eigenvalue weighted by Gasteiger charge is -2.08. The summed E-state index contributed by atoms with van der Waals surface area (Å²) in [4.78, 5) is 11.3. The highest BCUT2D eigenvalue weighted by molar-refractivity contribution is 14.1. The Hall–Kier alpha value is -1.30. The van der Waals surface area contributed by atoms with Crippen LogP contribution in [0.1, 0.15) is 0 Å². The number of aromatic hydroxyl groups is 1. The first kappa shape index (κ1) is 11.2. The zero-order valence-electron chi connectivity index (χ0n) is 8.40. The van der Waals surface area contributed by atoms with Crippen molar-refractivity contribution in [2.45, 2.75) is 0 Å². The second kappa shape index (κ2) is 4.69. The van der Waals surface area contributed by atoms with Crippen LogP contribution in [0.2, 0.25) is 0 Å². The number of anilines is 1. The molecular formula is C12H10INO2. The van der Waals surface area contributed by atoms with Crippen LogP contribution in [0.4, 0.5) is 5.69 Å². The third kappa shape index (κ3) is 2.11. The van der Waals surface area contributed by atoms with Gasteiger partial charge in [-0.25, -0.2) is 0 Å². The van der Waals surface area contributed by atoms with Crippen LogP contribution in [0.25, 0.3) is 10.8 Å². The highest BCUT2D eigenvalue weighted by Gasteiger charge is 2.06. The third-order valence-electron chi connectivity index (χ3n) is 2.29. The van der Waals surface area contributed by atoms with E-state index < -0.39 is 0 Å². The van der Waals surface area contributed by atoms with E-state index >= 15 is 0 Å². The second-order valence-corrected chi connectivity index (χ2v) is 4.12. The van der Waals surface area contributed by atoms with Crippen LogP contribution in [-0.2, 0) is 4.79 Å². The number of halogens is 1. The number of hydrogen-bond acceptors (Lipinski definition) is 2. The Morgan fingerprint density at radius 2 is 1.88 bits per heavy atom. The van der Waals surface area contributed by atoms with Crippen molar-refractivity contribution in [3.05, 3.63) is 36.4 Å². The molecule has 0 unspecified atom stereocenters. The fraction of sp³-hybridized carbons (Fsp3) is 0.0833. The Kier molecular flexibility index (Phi) is 3.28. The summed E-state index contributed by atoms with van der Waals surface area (Å²) in [5.74, 6) is 0.180. The van der Waals surface area contributed by atoms with E-state index in [1.54, 1.807) is 12.1 Å². The van der Waals surface area contributed by atoms with Crippen LogP contribution in [0.15, 0.2) is 36.4 Å². The molecule has 0 saturated carbocycles. The van der Waals surface area contributed by atoms with E-state index in [2.05, 4.69) is 5.32 Å². The zero-order chi connectivity index (χ0) is 11.5. The Morgan fingerprint density at radius 1 is 1.19 bits per heavy atom. The van der Waals surface area contributed by atoms with E-state index in [1.165, 1.54) is 0 Å². The normalized spacial score (nSPS) is 10.3. The first-order valence-electron chi connectivity index (χ1n) is 4.79. The van der Waals surface area contributed by atoms with Crippen molar-refractivity contribution in [3.63, 3.8) is 0 Å². The molecule has 0 radical (unpaired) electrons. The number of fused-ring (bicyclic) bond motifs is 1. The minimum absolute atomic E-state index is 0.0450. The topological polar surface area (TPSA) is 49.3 Å². The number of alkyl halides is 1. The zero-order valence-corrected chi connectivity index (χ0v) is 10.6. The number of amides is 1. The van der Waals surface area contributed by atoms with Crippen LogP contribution in [0.3, 0.4) is 0 Å². The molecular weight excluding hydrogens is 317 g/mol. The fourth-order valence-corrected chi connectivity index (χ4v) is 1.78. The molecule has 0 fully saturated rings. The van der Waals surface area contributed by atoms with Gasteiger partial charge in [-0.15, -0.1) is 0 Å². The van der Waals surface area contributed by atoms with E-state index in [0.717, 1.165) is 16.5 Å². The predicted octanol–water partition coefficient (Wildman–Crippen LogP) is 2.92. The van der Waals surface area contributed by atoms with Gasteiger partial charge in [-0.1, -0.05) is 46.9 Å². The number of hydrogen-bond donors (Lipinski definition) is 2. The van der Waals surface area contributed by atoms with Crippen molar-refractivity contribution in [1.82, 2.24) is 0 Å². The van der Waals surface area contributed by atoms with Crippen molar-refractivity contribution in [3.8, 4) is 5.75 Å². The summed E-state index contributed by atoms with van der Waals surface area (Å²) < 4.78 is 0.410. The maximum atomic E-state index is 11.3. The van der Waals surface area contributed by atoms with Crippen LogP contribution in [0, 0.1) is 0 Å². The number of phenolic OH excluding ortho intramolecular Hbond substituents is 1. The van der Waals surface area contributed by atoms with E-state index in [1.807, 2.05) is 46.9 Å². The maximum Gasteiger partial charge on any atom is 0.234 e. The third-order valence-corrected chi connectivity index (χ3v) is 2.99. The highest BCUT2D eigenvalue weighted by atomic mass is 127. The molecule has 2 rings (SSSR count). The molecule has 0 aliphatic rings. The summed E-state index contributed by atoms with van der Waals surface area (Å²) in [5.41, 5.74) is 0.732. The van der Waals surface area contributed by atoms with Crippen molar-refractivity contribution >= 4 is 45.0 Å². The molecule has 2 N–H and O–H groups in total. The van der Waals surface area contributed by atoms with Crippen LogP contribution >= 0.6 is 22.6 Å². The monoisotopic (exact) mass is 327 g/mol. The Morgan fingerprint density at radius 3 is 2.62 bits per heavy atom. The molecule has 3 nitrogen and oxygen atoms in total. The van der Waals surface area contributed by atoms with E-state index in [4.69, 9.17) is 0 Å². The van der Waals surface area contributed by atoms with Crippen molar-refractivity contribution < 1.29 is 9.90 Å². The summed E-state index contributed by atoms with van der Waals surface area (Å²) in [6.45, 7) is 0. The van der Waals surface area contributed by atoms with Crippen LogP contribution in [-0.4, -0.2) is 15.4 Å². The molecule has 0 aliphatic heterocycles. The minimum atomic E-state index is -0.0450. The molecule has 0 aliphatic carbocycles. The van der Waals surface area contributed by atoms with Gasteiger partial charge in [-0.2, -0.15) is 0 Å². The van der Waals surface area contributed by atoms with Gasteiger partial charge >= 0.3 is 0 Å². The molecule has 0 saturated heterocycles. The van der Waals surface area contributed by atoms with Crippen LogP contribution < -0.4 is 5.32 Å². The summed E-state index contributed by atoms with van der Waals surface area (Å²) in [7, 11) is 0. The minimum Gasteiger partial charge on any atom is -0.507 e. The number of carbonyl (C=O) groups excluding carboxylic acids is 1. The van der Waals surface area contributed by atoms with Gasteiger partial charge < -0.3 is 10.4 Å². The first-order valence-corrected chi connectivity index (χ1v) is 6.31. The molecule has 0 bridgehead atoms. The average molecular weight is 327 g/mol. The molecule has 2 aromatic carbocycles. The Bertz CT molecular complexity index is 540. The summed E-state index contributed by atoms with van der Waals surface area (Å²) in [6.07, 6.45) is 0. The van der Waals surface area contributed by atoms with E-state index in [0.29, 0.717) is 4.43 Å². The van der Waals surface area contributed by atoms with Gasteiger partial charge in [0.25, 0.3) is 0 Å². The fourth-order valence-electron chi connectivity index (χ4n) is 1.59. The lowest BCUT2D eigenvalue weighted by Crippen LogP contribution is -2.12. The number of rotatable bonds is 2. The molecule has 1 amide bonds. The first-order chi connectivity index (χ1) is 7.72. The summed E-state index contributed by atoms with van der Waals surface area (Å²) in [5, 5.41) is 14.1. The van der Waals surface area contributed by atoms with Gasteiger partial charge in [-0.05, 0) is 12.1 Å². The van der Waals surface area contributed by atoms with Crippen LogP contribution in [0.5, 0.6) is 5.75 Å². The number of carbonyl (C=O) groups is 1. The standard InChI is InChI=1S/C12H10INO2/c13-7-12(16)14-10-5-1-4-9-8(10)3-2-6-11(9)15/h1-6,15H,7H2,(H,14,16). The van der Waals surface area contributed by atoms with E-state index in [-0.39, 0.29) is 11.7 Å². The van der Waals surface area contributed by atoms with Gasteiger partial charge in [-0.3, -0.25) is 4.79 Å². The Labute approximate surface area is 107 Å². The molecule has 0 atom stereocenters. The average Bonchev–Trinajstić information content (AvgIpc) is 2.30. The summed E-state index contributed by atoms with van der Waals surface area (Å²) in [6, 6.07) is 10.7. The van der Waals surface area contributed by atoms with Gasteiger partial charge in [0.2, 0.25) is 5.91 Å². The van der Waals surface area contributed by atoms with Gasteiger partial charge in [0.05, 0.1) is 4.43 Å². The number of phenols is 1. The molecule has 82 valence electrons. The second-order valence-electron chi connectivity index (χ2n) is 3.36. The number of nitrogens with one attached hydrogen (secondary N) is 1. The lowest BCUT2D eigenvalue weighted by atomic mass is 10.1. The molecule has 4 heteroatoms. The van der Waals surface area contributed by atoms with Gasteiger partial charge in [0, 0.05) is 16.5 Å². The van der Waals surface area contributed by atoms with Crippen molar-refractivity contribution in [1.29, 1.82) is 0 Å².